The van der Waals surface area contributed by atoms with Gasteiger partial charge in [-0.2, -0.15) is 0 Å². The molecule has 1 aromatic carbocycles. The smallest absolute Gasteiger partial charge is 0.269 e. The fraction of sp³-hybridized carbons (Fsp3) is 0.700. The Balaban J connectivity index is 0.000000243. The molecular formula is C20H33NO3. The quantitative estimate of drug-likeness (QED) is 0.474. The normalized spacial score (nSPS) is 19.9. The lowest BCUT2D eigenvalue weighted by atomic mass is 9.87. The van der Waals surface area contributed by atoms with Crippen molar-refractivity contribution < 1.29 is 9.66 Å². The van der Waals surface area contributed by atoms with Crippen LogP contribution in [0.1, 0.15) is 70.4 Å². The van der Waals surface area contributed by atoms with Crippen LogP contribution in [0.15, 0.2) is 18.2 Å². The first-order valence-electron chi connectivity index (χ1n) is 9.15. The molecule has 1 fully saturated rings. The molecule has 1 unspecified atom stereocenters. The molecule has 2 rings (SSSR count). The van der Waals surface area contributed by atoms with E-state index in [4.69, 9.17) is 4.74 Å². The van der Waals surface area contributed by atoms with Crippen LogP contribution >= 0.6 is 0 Å². The van der Waals surface area contributed by atoms with Crippen molar-refractivity contribution in [1.82, 2.24) is 0 Å². The molecule has 0 radical (unpaired) electrons. The van der Waals surface area contributed by atoms with Crippen molar-refractivity contribution in [2.75, 3.05) is 6.61 Å². The molecule has 1 saturated heterocycles. The summed E-state index contributed by atoms with van der Waals surface area (Å²) in [6, 6.07) is 4.85. The van der Waals surface area contributed by atoms with Crippen LogP contribution in [0, 0.1) is 29.9 Å². The van der Waals surface area contributed by atoms with E-state index in [9.17, 15) is 10.1 Å². The highest BCUT2D eigenvalue weighted by Crippen LogP contribution is 2.35. The Morgan fingerprint density at radius 3 is 2.42 bits per heavy atom. The van der Waals surface area contributed by atoms with E-state index in [2.05, 4.69) is 20.8 Å². The van der Waals surface area contributed by atoms with Crippen LogP contribution in [0.3, 0.4) is 0 Å². The van der Waals surface area contributed by atoms with Gasteiger partial charge in [-0.25, -0.2) is 0 Å². The number of hydrogen-bond acceptors (Lipinski definition) is 3. The third-order valence-corrected chi connectivity index (χ3v) is 4.77. The Kier molecular flexibility index (Phi) is 8.40. The summed E-state index contributed by atoms with van der Waals surface area (Å²) in [6.07, 6.45) is 7.70. The Labute approximate surface area is 146 Å². The van der Waals surface area contributed by atoms with Gasteiger partial charge >= 0.3 is 0 Å². The number of rotatable bonds is 6. The van der Waals surface area contributed by atoms with Crippen molar-refractivity contribution in [2.24, 2.45) is 5.92 Å². The molecule has 1 aliphatic rings. The summed E-state index contributed by atoms with van der Waals surface area (Å²) in [5, 5.41) is 10.3. The Morgan fingerprint density at radius 2 is 1.96 bits per heavy atom. The lowest BCUT2D eigenvalue weighted by molar-refractivity contribution is -0.384. The van der Waals surface area contributed by atoms with Gasteiger partial charge < -0.3 is 4.74 Å². The van der Waals surface area contributed by atoms with Gasteiger partial charge in [0.2, 0.25) is 0 Å². The minimum atomic E-state index is -0.382. The van der Waals surface area contributed by atoms with Gasteiger partial charge in [-0.1, -0.05) is 33.3 Å². The van der Waals surface area contributed by atoms with Crippen molar-refractivity contribution >= 4 is 5.69 Å². The van der Waals surface area contributed by atoms with Gasteiger partial charge in [-0.05, 0) is 63.0 Å². The van der Waals surface area contributed by atoms with Crippen LogP contribution in [0.2, 0.25) is 0 Å². The van der Waals surface area contributed by atoms with Crippen LogP contribution in [0.5, 0.6) is 0 Å². The maximum atomic E-state index is 10.3. The highest BCUT2D eigenvalue weighted by molar-refractivity contribution is 5.38. The second-order valence-electron chi connectivity index (χ2n) is 7.34. The molecule has 0 aliphatic carbocycles. The van der Waals surface area contributed by atoms with Crippen molar-refractivity contribution in [3.05, 3.63) is 39.4 Å². The standard InChI is InChI=1S/C12H24O.C8H9NO2/c1-4-7-12(8-5-10-13-12)9-6-11(2)3;1-6-3-4-8(9(10)11)5-7(6)2/h11H,4-10H2,1-3H3;3-5H,1-2H3. The van der Waals surface area contributed by atoms with Gasteiger partial charge in [-0.3, -0.25) is 10.1 Å². The molecule has 4 heteroatoms. The second-order valence-corrected chi connectivity index (χ2v) is 7.34. The van der Waals surface area contributed by atoms with E-state index in [0.29, 0.717) is 0 Å². The Morgan fingerprint density at radius 1 is 1.25 bits per heavy atom. The number of hydrogen-bond donors (Lipinski definition) is 0. The largest absolute Gasteiger partial charge is 0.375 e. The predicted molar refractivity (Wildman–Crippen MR) is 99.5 cm³/mol. The maximum Gasteiger partial charge on any atom is 0.269 e. The van der Waals surface area contributed by atoms with E-state index in [1.807, 2.05) is 13.8 Å². The number of nitrogens with zero attached hydrogens (tertiary/aromatic N) is 1. The zero-order chi connectivity index (χ0) is 18.2. The molecule has 0 amide bonds. The molecule has 136 valence electrons. The van der Waals surface area contributed by atoms with Crippen molar-refractivity contribution in [2.45, 2.75) is 78.7 Å². The molecule has 1 aliphatic heterocycles. The first kappa shape index (κ1) is 20.6. The SMILES string of the molecule is CCCC1(CCC(C)C)CCCO1.Cc1ccc([N+](=O)[O-])cc1C. The average molecular weight is 335 g/mol. The Hall–Kier alpha value is -1.42. The number of nitro benzene ring substituents is 1. The fourth-order valence-electron chi connectivity index (χ4n) is 3.12. The third kappa shape index (κ3) is 6.60. The van der Waals surface area contributed by atoms with E-state index in [1.54, 1.807) is 12.1 Å². The van der Waals surface area contributed by atoms with Gasteiger partial charge in [0.1, 0.15) is 0 Å². The zero-order valence-corrected chi connectivity index (χ0v) is 15.9. The van der Waals surface area contributed by atoms with Crippen LogP contribution in [-0.2, 0) is 4.74 Å². The van der Waals surface area contributed by atoms with Crippen LogP contribution in [0.25, 0.3) is 0 Å². The molecule has 0 saturated carbocycles. The number of benzene rings is 1. The molecule has 0 N–H and O–H groups in total. The highest BCUT2D eigenvalue weighted by Gasteiger charge is 2.33. The number of aryl methyl sites for hydroxylation is 2. The molecule has 0 bridgehead atoms. The predicted octanol–water partition coefficient (Wildman–Crippen LogP) is 5.98. The minimum Gasteiger partial charge on any atom is -0.375 e. The molecule has 0 aromatic heterocycles. The molecule has 1 aromatic rings. The fourth-order valence-corrected chi connectivity index (χ4v) is 3.12. The topological polar surface area (TPSA) is 52.4 Å². The molecule has 0 spiro atoms. The average Bonchev–Trinajstić information content (AvgIpc) is 2.98. The summed E-state index contributed by atoms with van der Waals surface area (Å²) in [6.45, 7) is 11.7. The summed E-state index contributed by atoms with van der Waals surface area (Å²) in [7, 11) is 0. The van der Waals surface area contributed by atoms with Gasteiger partial charge in [0.05, 0.1) is 10.5 Å². The second kappa shape index (κ2) is 9.77. The van der Waals surface area contributed by atoms with Crippen molar-refractivity contribution in [3.63, 3.8) is 0 Å². The van der Waals surface area contributed by atoms with Crippen LogP contribution in [0.4, 0.5) is 5.69 Å². The first-order chi connectivity index (χ1) is 11.3. The Bertz CT molecular complexity index is 520. The highest BCUT2D eigenvalue weighted by atomic mass is 16.6. The summed E-state index contributed by atoms with van der Waals surface area (Å²) >= 11 is 0. The minimum absolute atomic E-state index is 0.160. The monoisotopic (exact) mass is 335 g/mol. The van der Waals surface area contributed by atoms with Gasteiger partial charge in [0, 0.05) is 18.7 Å². The number of ether oxygens (including phenoxy) is 1. The maximum absolute atomic E-state index is 10.3. The van der Waals surface area contributed by atoms with Crippen LogP contribution in [-0.4, -0.2) is 17.1 Å². The van der Waals surface area contributed by atoms with E-state index in [0.717, 1.165) is 23.7 Å². The lowest BCUT2D eigenvalue weighted by Crippen LogP contribution is -2.27. The molecule has 1 heterocycles. The number of non-ortho nitro benzene ring substituents is 1. The summed E-state index contributed by atoms with van der Waals surface area (Å²) in [5.41, 5.74) is 2.47. The molecular weight excluding hydrogens is 302 g/mol. The van der Waals surface area contributed by atoms with Gasteiger partial charge in [0.25, 0.3) is 5.69 Å². The van der Waals surface area contributed by atoms with Gasteiger partial charge in [-0.15, -0.1) is 0 Å². The van der Waals surface area contributed by atoms with Gasteiger partial charge in [0.15, 0.2) is 0 Å². The summed E-state index contributed by atoms with van der Waals surface area (Å²) < 4.78 is 5.93. The van der Waals surface area contributed by atoms with Crippen molar-refractivity contribution in [3.8, 4) is 0 Å². The lowest BCUT2D eigenvalue weighted by Gasteiger charge is -2.28. The first-order valence-corrected chi connectivity index (χ1v) is 9.15. The summed E-state index contributed by atoms with van der Waals surface area (Å²) in [4.78, 5) is 9.89. The molecule has 24 heavy (non-hydrogen) atoms. The zero-order valence-electron chi connectivity index (χ0n) is 15.9. The third-order valence-electron chi connectivity index (χ3n) is 4.77. The van der Waals surface area contributed by atoms with E-state index < -0.39 is 0 Å². The number of nitro groups is 1. The van der Waals surface area contributed by atoms with Crippen LogP contribution < -0.4 is 0 Å². The molecule has 4 nitrogen and oxygen atoms in total. The van der Waals surface area contributed by atoms with E-state index in [-0.39, 0.29) is 16.2 Å². The van der Waals surface area contributed by atoms with E-state index in [1.165, 1.54) is 44.6 Å². The molecule has 1 atom stereocenters. The van der Waals surface area contributed by atoms with Crippen molar-refractivity contribution in [1.29, 1.82) is 0 Å². The summed E-state index contributed by atoms with van der Waals surface area (Å²) in [5.74, 6) is 0.818. The van der Waals surface area contributed by atoms with E-state index >= 15 is 0 Å².